The fraction of sp³-hybridized carbons (Fsp3) is 0.357. The number of sulfone groups is 1. The molecule has 0 saturated carbocycles. The Bertz CT molecular complexity index is 744. The van der Waals surface area contributed by atoms with Gasteiger partial charge in [-0.15, -0.1) is 11.3 Å². The molecule has 4 nitrogen and oxygen atoms in total. The Morgan fingerprint density at radius 3 is 3.00 bits per heavy atom. The predicted molar refractivity (Wildman–Crippen MR) is 79.5 cm³/mol. The van der Waals surface area contributed by atoms with Gasteiger partial charge in [-0.1, -0.05) is 0 Å². The number of benzene rings is 1. The molecule has 7 heteroatoms. The fourth-order valence-corrected chi connectivity index (χ4v) is 4.86. The normalized spacial score (nSPS) is 21.7. The van der Waals surface area contributed by atoms with Crippen molar-refractivity contribution in [2.75, 3.05) is 5.75 Å². The first-order valence-corrected chi connectivity index (χ1v) is 9.18. The number of hydrogen-bond acceptors (Lipinski definition) is 5. The Morgan fingerprint density at radius 1 is 1.48 bits per heavy atom. The maximum Gasteiger partial charge on any atom is 0.178 e. The van der Waals surface area contributed by atoms with E-state index in [1.807, 2.05) is 12.3 Å². The molecule has 1 aliphatic heterocycles. The lowest BCUT2D eigenvalue weighted by molar-refractivity contribution is 0.438. The Morgan fingerprint density at radius 2 is 2.29 bits per heavy atom. The van der Waals surface area contributed by atoms with E-state index in [1.165, 1.54) is 29.5 Å². The van der Waals surface area contributed by atoms with Crippen molar-refractivity contribution in [1.29, 1.82) is 0 Å². The van der Waals surface area contributed by atoms with Crippen molar-refractivity contribution in [2.45, 2.75) is 30.3 Å². The van der Waals surface area contributed by atoms with Crippen molar-refractivity contribution >= 4 is 21.2 Å². The van der Waals surface area contributed by atoms with E-state index in [0.717, 1.165) is 5.01 Å². The average Bonchev–Trinajstić information content (AvgIpc) is 2.96. The number of rotatable bonds is 3. The number of fused-ring (bicyclic) bond motifs is 1. The van der Waals surface area contributed by atoms with Crippen LogP contribution in [0.3, 0.4) is 0 Å². The maximum atomic E-state index is 13.5. The second-order valence-corrected chi connectivity index (χ2v) is 8.10. The molecule has 2 atom stereocenters. The van der Waals surface area contributed by atoms with E-state index >= 15 is 0 Å². The van der Waals surface area contributed by atoms with Gasteiger partial charge in [-0.05, 0) is 37.1 Å². The van der Waals surface area contributed by atoms with E-state index in [9.17, 15) is 12.8 Å². The summed E-state index contributed by atoms with van der Waals surface area (Å²) < 4.78 is 37.7. The van der Waals surface area contributed by atoms with Crippen LogP contribution in [0.4, 0.5) is 4.39 Å². The summed E-state index contributed by atoms with van der Waals surface area (Å²) >= 11 is 1.54. The molecule has 2 aromatic rings. The quantitative estimate of drug-likeness (QED) is 0.881. The highest BCUT2D eigenvalue weighted by atomic mass is 32.2. The van der Waals surface area contributed by atoms with Crippen LogP contribution in [0.2, 0.25) is 0 Å². The Kier molecular flexibility index (Phi) is 3.81. The molecule has 0 spiro atoms. The molecule has 3 rings (SSSR count). The molecular formula is C14H15FN2O2S2. The summed E-state index contributed by atoms with van der Waals surface area (Å²) in [6.07, 6.45) is 2.17. The van der Waals surface area contributed by atoms with Gasteiger partial charge < -0.3 is 5.32 Å². The minimum atomic E-state index is -3.30. The topological polar surface area (TPSA) is 59.1 Å². The smallest absolute Gasteiger partial charge is 0.178 e. The molecule has 1 aliphatic rings. The van der Waals surface area contributed by atoms with Crippen molar-refractivity contribution in [3.63, 3.8) is 0 Å². The van der Waals surface area contributed by atoms with Crippen molar-refractivity contribution in [2.24, 2.45) is 0 Å². The monoisotopic (exact) mass is 326 g/mol. The van der Waals surface area contributed by atoms with Gasteiger partial charge in [0.15, 0.2) is 9.84 Å². The van der Waals surface area contributed by atoms with Crippen LogP contribution in [-0.2, 0) is 9.84 Å². The maximum absolute atomic E-state index is 13.5. The highest BCUT2D eigenvalue weighted by molar-refractivity contribution is 7.91. The number of hydrogen-bond donors (Lipinski definition) is 1. The lowest BCUT2D eigenvalue weighted by Crippen LogP contribution is -2.31. The number of halogens is 1. The molecule has 2 heterocycles. The molecule has 0 radical (unpaired) electrons. The highest BCUT2D eigenvalue weighted by Gasteiger charge is 2.31. The van der Waals surface area contributed by atoms with Gasteiger partial charge in [0.2, 0.25) is 0 Å². The average molecular weight is 326 g/mol. The van der Waals surface area contributed by atoms with Gasteiger partial charge in [-0.2, -0.15) is 0 Å². The fourth-order valence-electron chi connectivity index (χ4n) is 2.61. The third kappa shape index (κ3) is 2.86. The SMILES string of the molecule is CC(NC1CCS(=O)(=O)c2ccc(F)cc21)c1nccs1. The third-order valence-electron chi connectivity index (χ3n) is 3.63. The molecule has 0 aliphatic carbocycles. The van der Waals surface area contributed by atoms with Gasteiger partial charge in [0, 0.05) is 17.6 Å². The van der Waals surface area contributed by atoms with Gasteiger partial charge in [0.25, 0.3) is 0 Å². The van der Waals surface area contributed by atoms with Crippen LogP contribution < -0.4 is 5.32 Å². The summed E-state index contributed by atoms with van der Waals surface area (Å²) in [6.45, 7) is 1.97. The molecule has 112 valence electrons. The van der Waals surface area contributed by atoms with E-state index in [2.05, 4.69) is 10.3 Å². The molecule has 2 unspecified atom stereocenters. The zero-order chi connectivity index (χ0) is 15.0. The van der Waals surface area contributed by atoms with E-state index in [-0.39, 0.29) is 22.7 Å². The van der Waals surface area contributed by atoms with E-state index in [4.69, 9.17) is 0 Å². The predicted octanol–water partition coefficient (Wildman–Crippen LogP) is 2.85. The minimum Gasteiger partial charge on any atom is -0.301 e. The summed E-state index contributed by atoms with van der Waals surface area (Å²) in [5, 5.41) is 6.19. The van der Waals surface area contributed by atoms with Gasteiger partial charge in [-0.3, -0.25) is 0 Å². The summed E-state index contributed by atoms with van der Waals surface area (Å²) in [7, 11) is -3.30. The van der Waals surface area contributed by atoms with Crippen LogP contribution >= 0.6 is 11.3 Å². The van der Waals surface area contributed by atoms with Crippen molar-refractivity contribution in [3.8, 4) is 0 Å². The largest absolute Gasteiger partial charge is 0.301 e. The van der Waals surface area contributed by atoms with Crippen molar-refractivity contribution in [3.05, 3.63) is 46.2 Å². The number of nitrogens with one attached hydrogen (secondary N) is 1. The van der Waals surface area contributed by atoms with Crippen LogP contribution in [0.1, 0.15) is 36.0 Å². The molecule has 1 aromatic carbocycles. The highest BCUT2D eigenvalue weighted by Crippen LogP contribution is 2.34. The molecule has 1 aromatic heterocycles. The third-order valence-corrected chi connectivity index (χ3v) is 6.40. The summed E-state index contributed by atoms with van der Waals surface area (Å²) in [5.74, 6) is -0.340. The first-order valence-electron chi connectivity index (χ1n) is 6.65. The molecule has 0 fully saturated rings. The summed E-state index contributed by atoms with van der Waals surface area (Å²) in [5.41, 5.74) is 0.518. The van der Waals surface area contributed by atoms with Crippen LogP contribution in [-0.4, -0.2) is 19.2 Å². The van der Waals surface area contributed by atoms with Crippen molar-refractivity contribution < 1.29 is 12.8 Å². The molecule has 0 saturated heterocycles. The van der Waals surface area contributed by atoms with Crippen molar-refractivity contribution in [1.82, 2.24) is 10.3 Å². The number of thiazole rings is 1. The van der Waals surface area contributed by atoms with E-state index in [0.29, 0.717) is 12.0 Å². The number of aromatic nitrogens is 1. The molecule has 1 N–H and O–H groups in total. The molecule has 0 amide bonds. The lowest BCUT2D eigenvalue weighted by Gasteiger charge is -2.28. The second-order valence-electron chi connectivity index (χ2n) is 5.10. The Labute approximate surface area is 127 Å². The van der Waals surface area contributed by atoms with E-state index < -0.39 is 15.7 Å². The van der Waals surface area contributed by atoms with Crippen LogP contribution in [0.5, 0.6) is 0 Å². The minimum absolute atomic E-state index is 0.00748. The van der Waals surface area contributed by atoms with Gasteiger partial charge in [-0.25, -0.2) is 17.8 Å². The molecular weight excluding hydrogens is 311 g/mol. The van der Waals surface area contributed by atoms with Crippen LogP contribution in [0, 0.1) is 5.82 Å². The standard InChI is InChI=1S/C14H15FN2O2S2/c1-9(14-16-5-6-20-14)17-12-4-7-21(18,19)13-3-2-10(15)8-11(12)13/h2-3,5-6,8-9,12,17H,4,7H2,1H3. The first-order chi connectivity index (χ1) is 9.97. The first kappa shape index (κ1) is 14.6. The van der Waals surface area contributed by atoms with Crippen LogP contribution in [0.25, 0.3) is 0 Å². The zero-order valence-corrected chi connectivity index (χ0v) is 13.0. The van der Waals surface area contributed by atoms with Gasteiger partial charge >= 0.3 is 0 Å². The molecule has 0 bridgehead atoms. The number of nitrogens with zero attached hydrogens (tertiary/aromatic N) is 1. The van der Waals surface area contributed by atoms with Crippen LogP contribution in [0.15, 0.2) is 34.7 Å². The van der Waals surface area contributed by atoms with Gasteiger partial charge in [0.1, 0.15) is 10.8 Å². The Balaban J connectivity index is 1.93. The molecule has 21 heavy (non-hydrogen) atoms. The Hall–Kier alpha value is -1.31. The lowest BCUT2D eigenvalue weighted by atomic mass is 10.0. The summed E-state index contributed by atoms with van der Waals surface area (Å²) in [4.78, 5) is 4.48. The summed E-state index contributed by atoms with van der Waals surface area (Å²) in [6, 6.07) is 3.69. The second kappa shape index (κ2) is 5.47. The van der Waals surface area contributed by atoms with Gasteiger partial charge in [0.05, 0.1) is 16.7 Å². The zero-order valence-electron chi connectivity index (χ0n) is 11.4. The van der Waals surface area contributed by atoms with E-state index in [1.54, 1.807) is 6.20 Å².